The van der Waals surface area contributed by atoms with Crippen LogP contribution in [-0.4, -0.2) is 85.7 Å². The molecule has 1 aromatic carbocycles. The molecule has 6 rings (SSSR count). The predicted molar refractivity (Wildman–Crippen MR) is 160 cm³/mol. The molecule has 0 saturated carbocycles. The Morgan fingerprint density at radius 1 is 1.07 bits per heavy atom. The highest BCUT2D eigenvalue weighted by atomic mass is 16.3. The van der Waals surface area contributed by atoms with Gasteiger partial charge in [0.1, 0.15) is 29.1 Å². The van der Waals surface area contributed by atoms with E-state index < -0.39 is 0 Å². The molecule has 5 heterocycles. The van der Waals surface area contributed by atoms with E-state index in [-0.39, 0.29) is 46.2 Å². The summed E-state index contributed by atoms with van der Waals surface area (Å²) >= 11 is 0. The molecule has 2 N–H and O–H groups in total. The third-order valence-corrected chi connectivity index (χ3v) is 8.16. The van der Waals surface area contributed by atoms with Crippen molar-refractivity contribution in [3.8, 4) is 5.75 Å². The van der Waals surface area contributed by atoms with Crippen LogP contribution in [0.15, 0.2) is 40.0 Å². The Morgan fingerprint density at radius 2 is 1.81 bits per heavy atom. The van der Waals surface area contributed by atoms with E-state index in [2.05, 4.69) is 27.1 Å². The third-order valence-electron chi connectivity index (χ3n) is 8.16. The number of allylic oxidation sites excluding steroid dienone is 1. The van der Waals surface area contributed by atoms with Crippen LogP contribution in [0.4, 0.5) is 5.69 Å². The van der Waals surface area contributed by atoms with Crippen molar-refractivity contribution in [1.82, 2.24) is 34.9 Å². The number of oxazole rings is 1. The minimum atomic E-state index is -0.371. The molecule has 43 heavy (non-hydrogen) atoms. The van der Waals surface area contributed by atoms with Gasteiger partial charge in [-0.25, -0.2) is 4.98 Å². The Balaban J connectivity index is 1.34. The number of fused-ring (bicyclic) bond motifs is 2. The van der Waals surface area contributed by atoms with Crippen molar-refractivity contribution >= 4 is 39.8 Å². The summed E-state index contributed by atoms with van der Waals surface area (Å²) in [5, 5.41) is 24.6. The van der Waals surface area contributed by atoms with Gasteiger partial charge >= 0.3 is 0 Å². The zero-order valence-electron chi connectivity index (χ0n) is 24.4. The van der Waals surface area contributed by atoms with E-state index in [1.54, 1.807) is 15.5 Å². The number of benzene rings is 1. The van der Waals surface area contributed by atoms with Gasteiger partial charge in [0.25, 0.3) is 5.91 Å². The van der Waals surface area contributed by atoms with Gasteiger partial charge < -0.3 is 29.2 Å². The average molecular weight is 590 g/mol. The first kappa shape index (κ1) is 28.2. The van der Waals surface area contributed by atoms with Crippen LogP contribution >= 0.6 is 0 Å². The molecule has 0 bridgehead atoms. The highest BCUT2D eigenvalue weighted by Crippen LogP contribution is 2.29. The summed E-state index contributed by atoms with van der Waals surface area (Å²) in [7, 11) is 0. The fourth-order valence-electron chi connectivity index (χ4n) is 5.86. The number of aromatic nitrogens is 5. The Labute approximate surface area is 247 Å². The molecule has 2 saturated heterocycles. The molecule has 226 valence electrons. The normalized spacial score (nSPS) is 15.5. The number of hydrogen-bond donors (Lipinski definition) is 2. The van der Waals surface area contributed by atoms with Crippen LogP contribution < -0.4 is 20.7 Å². The summed E-state index contributed by atoms with van der Waals surface area (Å²) < 4.78 is 7.19. The number of amides is 2. The van der Waals surface area contributed by atoms with Gasteiger partial charge in [-0.05, 0) is 37.8 Å². The van der Waals surface area contributed by atoms with Crippen molar-refractivity contribution in [2.75, 3.05) is 49.2 Å². The molecule has 2 aliphatic heterocycles. The van der Waals surface area contributed by atoms with Gasteiger partial charge in [-0.3, -0.25) is 19.4 Å². The molecule has 0 aliphatic carbocycles. The van der Waals surface area contributed by atoms with E-state index in [1.165, 1.54) is 17.4 Å². The topological polar surface area (TPSA) is 155 Å². The smallest absolute Gasteiger partial charge is 0.261 e. The van der Waals surface area contributed by atoms with E-state index in [4.69, 9.17) is 4.42 Å². The molecule has 2 aliphatic rings. The van der Waals surface area contributed by atoms with Crippen molar-refractivity contribution in [3.63, 3.8) is 0 Å². The Morgan fingerprint density at radius 3 is 2.51 bits per heavy atom. The van der Waals surface area contributed by atoms with E-state index in [0.29, 0.717) is 67.3 Å². The van der Waals surface area contributed by atoms with Crippen LogP contribution in [0.3, 0.4) is 0 Å². The molecule has 14 nitrogen and oxygen atoms in total. The summed E-state index contributed by atoms with van der Waals surface area (Å²) in [6, 6.07) is 3.02. The largest absolute Gasteiger partial charge is 0.507 e. The lowest BCUT2D eigenvalue weighted by Crippen LogP contribution is -2.50. The monoisotopic (exact) mass is 589 g/mol. The zero-order chi connectivity index (χ0) is 30.2. The summed E-state index contributed by atoms with van der Waals surface area (Å²) in [6.07, 6.45) is 4.35. The zero-order valence-corrected chi connectivity index (χ0v) is 24.4. The molecule has 0 unspecified atom stereocenters. The van der Waals surface area contributed by atoms with E-state index in [9.17, 15) is 19.5 Å². The predicted octanol–water partition coefficient (Wildman–Crippen LogP) is 1.74. The van der Waals surface area contributed by atoms with Crippen molar-refractivity contribution in [2.24, 2.45) is 0 Å². The van der Waals surface area contributed by atoms with Gasteiger partial charge in [0.2, 0.25) is 11.3 Å². The lowest BCUT2D eigenvalue weighted by atomic mass is 10.1. The van der Waals surface area contributed by atoms with Crippen LogP contribution in [0.2, 0.25) is 0 Å². The average Bonchev–Trinajstić information content (AvgIpc) is 3.79. The van der Waals surface area contributed by atoms with Gasteiger partial charge in [-0.2, -0.15) is 0 Å². The van der Waals surface area contributed by atoms with Crippen LogP contribution in [0.1, 0.15) is 49.2 Å². The van der Waals surface area contributed by atoms with Gasteiger partial charge in [0, 0.05) is 50.7 Å². The number of phenolic OH excluding ortho intramolecular Hbond substituents is 1. The molecule has 4 aromatic rings. The molecule has 0 spiro atoms. The second-order valence-electron chi connectivity index (χ2n) is 10.8. The molecule has 0 radical (unpaired) electrons. The lowest BCUT2D eigenvalue weighted by Gasteiger charge is -2.37. The number of nitrogens with one attached hydrogen (secondary N) is 1. The van der Waals surface area contributed by atoms with E-state index >= 15 is 0 Å². The fourth-order valence-corrected chi connectivity index (χ4v) is 5.86. The minimum absolute atomic E-state index is 0.0520. The first-order chi connectivity index (χ1) is 20.8. The van der Waals surface area contributed by atoms with Gasteiger partial charge in [-0.1, -0.05) is 25.3 Å². The van der Waals surface area contributed by atoms with Crippen LogP contribution in [0, 0.1) is 0 Å². The number of carbonyl (C=O) groups is 2. The van der Waals surface area contributed by atoms with Crippen molar-refractivity contribution < 1.29 is 19.1 Å². The van der Waals surface area contributed by atoms with E-state index in [1.807, 2.05) is 23.8 Å². The number of piperazine rings is 1. The van der Waals surface area contributed by atoms with Crippen molar-refractivity contribution in [3.05, 3.63) is 52.3 Å². The number of phenols is 1. The maximum Gasteiger partial charge on any atom is 0.261 e. The number of carbonyl (C=O) groups excluding carboxylic acids is 2. The Kier molecular flexibility index (Phi) is 7.50. The molecule has 0 atom stereocenters. The number of anilines is 1. The number of pyridine rings is 1. The van der Waals surface area contributed by atoms with Crippen LogP contribution in [0.25, 0.3) is 22.3 Å². The first-order valence-electron chi connectivity index (χ1n) is 14.7. The quantitative estimate of drug-likeness (QED) is 0.311. The van der Waals surface area contributed by atoms with Crippen molar-refractivity contribution in [2.45, 2.75) is 46.1 Å². The fraction of sp³-hybridized carbons (Fsp3) is 0.448. The minimum Gasteiger partial charge on any atom is -0.507 e. The second kappa shape index (κ2) is 11.4. The first-order valence-corrected chi connectivity index (χ1v) is 14.7. The summed E-state index contributed by atoms with van der Waals surface area (Å²) in [5.74, 6) is -0.808. The highest BCUT2D eigenvalue weighted by molar-refractivity contribution is 6.06. The van der Waals surface area contributed by atoms with Crippen LogP contribution in [0.5, 0.6) is 5.75 Å². The maximum atomic E-state index is 14.1. The standard InChI is InChI=1S/C29H35N9O5/c1-4-18(3)31-22(40)16-37-20(5-2)25(26(41)24-28(37)33-38(32-24)36-10-6-7-11-36)34-12-14-35(15-13-34)29(42)23-21(39)9-8-19-27(23)43-17-30-19/h8-9,17,39H,3-7,10-16H2,1-2H3,(H,31,40). The maximum absolute atomic E-state index is 14.1. The van der Waals surface area contributed by atoms with Gasteiger partial charge in [0.15, 0.2) is 23.1 Å². The van der Waals surface area contributed by atoms with Gasteiger partial charge in [-0.15, -0.1) is 10.2 Å². The molecule has 2 fully saturated rings. The summed E-state index contributed by atoms with van der Waals surface area (Å²) in [4.78, 5) is 49.8. The molecule has 14 heteroatoms. The number of aromatic hydroxyl groups is 1. The van der Waals surface area contributed by atoms with Crippen molar-refractivity contribution in [1.29, 1.82) is 0 Å². The molecule has 3 aromatic heterocycles. The molecular weight excluding hydrogens is 554 g/mol. The highest BCUT2D eigenvalue weighted by Gasteiger charge is 2.31. The SMILES string of the molecule is C=C(CC)NC(=O)Cn1c(CC)c(N2CCN(C(=O)c3c(O)ccc4ncoc34)CC2)c(=O)c2nn(N3CCCC3)nc21. The summed E-state index contributed by atoms with van der Waals surface area (Å²) in [5.41, 5.74) is 2.82. The van der Waals surface area contributed by atoms with Gasteiger partial charge in [0.05, 0.1) is 0 Å². The molecule has 2 amide bonds. The Hall–Kier alpha value is -4.88. The Bertz CT molecular complexity index is 1770. The molecular formula is C29H35N9O5. The van der Waals surface area contributed by atoms with E-state index in [0.717, 1.165) is 25.9 Å². The van der Waals surface area contributed by atoms with Crippen LogP contribution in [-0.2, 0) is 17.8 Å². The lowest BCUT2D eigenvalue weighted by molar-refractivity contribution is -0.121. The third kappa shape index (κ3) is 5.06. The summed E-state index contributed by atoms with van der Waals surface area (Å²) in [6.45, 7) is 10.6. The second-order valence-corrected chi connectivity index (χ2v) is 10.8. The number of nitrogens with zero attached hydrogens (tertiary/aromatic N) is 8. The number of hydrogen-bond acceptors (Lipinski definition) is 10. The number of rotatable bonds is 8.